The van der Waals surface area contributed by atoms with E-state index in [-0.39, 0.29) is 31.1 Å². The summed E-state index contributed by atoms with van der Waals surface area (Å²) in [5.41, 5.74) is 0. The van der Waals surface area contributed by atoms with Crippen LogP contribution < -0.4 is 0 Å². The number of ether oxygens (including phenoxy) is 3. The molecular weight excluding hydrogens is 829 g/mol. The second-order valence-electron chi connectivity index (χ2n) is 17.8. The van der Waals surface area contributed by atoms with Gasteiger partial charge in [-0.3, -0.25) is 14.4 Å². The molecule has 6 heteroatoms. The summed E-state index contributed by atoms with van der Waals surface area (Å²) in [6.45, 7) is 6.41. The lowest BCUT2D eigenvalue weighted by molar-refractivity contribution is -0.167. The second kappa shape index (κ2) is 54.7. The Kier molecular flexibility index (Phi) is 51.5. The van der Waals surface area contributed by atoms with Crippen molar-refractivity contribution < 1.29 is 28.6 Å². The van der Waals surface area contributed by atoms with Gasteiger partial charge in [-0.2, -0.15) is 0 Å². The maximum Gasteiger partial charge on any atom is 0.306 e. The minimum atomic E-state index is -0.775. The Labute approximate surface area is 412 Å². The van der Waals surface area contributed by atoms with Gasteiger partial charge in [0.2, 0.25) is 0 Å². The summed E-state index contributed by atoms with van der Waals surface area (Å²) in [7, 11) is 0. The molecule has 0 spiro atoms. The molecule has 67 heavy (non-hydrogen) atoms. The van der Waals surface area contributed by atoms with Crippen molar-refractivity contribution in [3.63, 3.8) is 0 Å². The van der Waals surface area contributed by atoms with Gasteiger partial charge in [0.05, 0.1) is 0 Å². The van der Waals surface area contributed by atoms with Crippen LogP contribution in [0.15, 0.2) is 109 Å². The third-order valence-corrected chi connectivity index (χ3v) is 11.3. The van der Waals surface area contributed by atoms with Gasteiger partial charge in [0.25, 0.3) is 0 Å². The molecule has 0 aliphatic carbocycles. The van der Waals surface area contributed by atoms with E-state index in [1.807, 2.05) is 0 Å². The van der Waals surface area contributed by atoms with E-state index in [4.69, 9.17) is 14.2 Å². The Morgan fingerprint density at radius 3 is 0.910 bits per heavy atom. The summed E-state index contributed by atoms with van der Waals surface area (Å²) in [5.74, 6) is -0.911. The minimum absolute atomic E-state index is 0.0803. The van der Waals surface area contributed by atoms with Crippen molar-refractivity contribution in [1.82, 2.24) is 0 Å². The maximum atomic E-state index is 12.6. The van der Waals surface area contributed by atoms with E-state index in [1.54, 1.807) is 0 Å². The number of esters is 3. The third-order valence-electron chi connectivity index (χ3n) is 11.3. The van der Waals surface area contributed by atoms with E-state index in [0.717, 1.165) is 122 Å². The van der Waals surface area contributed by atoms with Crippen molar-refractivity contribution >= 4 is 17.9 Å². The average Bonchev–Trinajstić information content (AvgIpc) is 3.33. The topological polar surface area (TPSA) is 78.9 Å². The summed E-state index contributed by atoms with van der Waals surface area (Å²) >= 11 is 0. The Bertz CT molecular complexity index is 1390. The van der Waals surface area contributed by atoms with Gasteiger partial charge in [-0.05, 0) is 89.9 Å². The molecule has 1 unspecified atom stereocenters. The zero-order chi connectivity index (χ0) is 48.6. The van der Waals surface area contributed by atoms with Gasteiger partial charge < -0.3 is 14.2 Å². The van der Waals surface area contributed by atoms with E-state index < -0.39 is 6.10 Å². The van der Waals surface area contributed by atoms with Crippen molar-refractivity contribution in [2.24, 2.45) is 0 Å². The molecule has 0 aromatic rings. The number of carbonyl (C=O) groups is 3. The molecule has 0 aromatic carbocycles. The van der Waals surface area contributed by atoms with Gasteiger partial charge in [-0.25, -0.2) is 0 Å². The summed E-state index contributed by atoms with van der Waals surface area (Å²) in [6.07, 6.45) is 74.2. The van der Waals surface area contributed by atoms with Gasteiger partial charge in [-0.15, -0.1) is 0 Å². The molecule has 0 fully saturated rings. The fourth-order valence-electron chi connectivity index (χ4n) is 7.20. The highest BCUT2D eigenvalue weighted by atomic mass is 16.6. The Balaban J connectivity index is 4.02. The maximum absolute atomic E-state index is 12.6. The molecule has 6 nitrogen and oxygen atoms in total. The minimum Gasteiger partial charge on any atom is -0.462 e. The fraction of sp³-hybridized carbons (Fsp3) is 0.656. The van der Waals surface area contributed by atoms with Gasteiger partial charge in [0.15, 0.2) is 6.10 Å². The van der Waals surface area contributed by atoms with Crippen LogP contribution in [0.5, 0.6) is 0 Å². The smallest absolute Gasteiger partial charge is 0.306 e. The van der Waals surface area contributed by atoms with Gasteiger partial charge in [-0.1, -0.05) is 239 Å². The lowest BCUT2D eigenvalue weighted by Gasteiger charge is -2.18. The number of rotatable bonds is 48. The highest BCUT2D eigenvalue weighted by Gasteiger charge is 2.19. The van der Waals surface area contributed by atoms with Crippen LogP contribution in [-0.4, -0.2) is 37.2 Å². The Morgan fingerprint density at radius 1 is 0.313 bits per heavy atom. The molecule has 0 aromatic heterocycles. The average molecular weight is 929 g/mol. The molecule has 0 N–H and O–H groups in total. The monoisotopic (exact) mass is 929 g/mol. The van der Waals surface area contributed by atoms with Crippen LogP contribution in [0.25, 0.3) is 0 Å². The molecule has 380 valence electrons. The van der Waals surface area contributed by atoms with E-state index in [1.165, 1.54) is 77.0 Å². The molecule has 0 saturated carbocycles. The predicted octanol–water partition coefficient (Wildman–Crippen LogP) is 18.3. The zero-order valence-corrected chi connectivity index (χ0v) is 43.4. The first-order valence-electron chi connectivity index (χ1n) is 27.4. The molecular formula is C61H100O6. The van der Waals surface area contributed by atoms with E-state index in [9.17, 15) is 14.4 Å². The molecule has 0 rings (SSSR count). The van der Waals surface area contributed by atoms with Crippen molar-refractivity contribution in [2.75, 3.05) is 13.2 Å². The number of unbranched alkanes of at least 4 members (excludes halogenated alkanes) is 19. The SMILES string of the molecule is CC/C=C\C/C=C\C/C=C\C/C=C\C/C=C\C/C=C\C/C=C\C/C=C\C/C=C\CCCCCCCCCC(=O)OCC(COC(=O)CCCCCCCC)OC(=O)CCCCCCCCCC. The molecule has 1 atom stereocenters. The first-order valence-corrected chi connectivity index (χ1v) is 27.4. The lowest BCUT2D eigenvalue weighted by Crippen LogP contribution is -2.30. The van der Waals surface area contributed by atoms with Crippen LogP contribution in [0, 0.1) is 0 Å². The highest BCUT2D eigenvalue weighted by molar-refractivity contribution is 5.71. The first-order chi connectivity index (χ1) is 33.0. The van der Waals surface area contributed by atoms with Crippen molar-refractivity contribution in [3.05, 3.63) is 109 Å². The van der Waals surface area contributed by atoms with Gasteiger partial charge >= 0.3 is 17.9 Å². The van der Waals surface area contributed by atoms with Crippen LogP contribution >= 0.6 is 0 Å². The second-order valence-corrected chi connectivity index (χ2v) is 17.8. The molecule has 0 heterocycles. The first kappa shape index (κ1) is 63.1. The molecule has 0 aliphatic heterocycles. The normalized spacial score (nSPS) is 12.9. The summed E-state index contributed by atoms with van der Waals surface area (Å²) in [6, 6.07) is 0. The quantitative estimate of drug-likeness (QED) is 0.0262. The van der Waals surface area contributed by atoms with Crippen LogP contribution in [-0.2, 0) is 28.6 Å². The summed E-state index contributed by atoms with van der Waals surface area (Å²) in [5, 5.41) is 0. The number of allylic oxidation sites excluding steroid dienone is 18. The summed E-state index contributed by atoms with van der Waals surface area (Å²) in [4.78, 5) is 37.6. The van der Waals surface area contributed by atoms with Crippen molar-refractivity contribution in [1.29, 1.82) is 0 Å². The Hall–Kier alpha value is -3.93. The van der Waals surface area contributed by atoms with E-state index in [0.29, 0.717) is 19.3 Å². The Morgan fingerprint density at radius 2 is 0.582 bits per heavy atom. The molecule has 0 radical (unpaired) electrons. The van der Waals surface area contributed by atoms with Crippen LogP contribution in [0.2, 0.25) is 0 Å². The van der Waals surface area contributed by atoms with Gasteiger partial charge in [0, 0.05) is 19.3 Å². The molecule has 0 aliphatic rings. The molecule has 0 amide bonds. The van der Waals surface area contributed by atoms with E-state index >= 15 is 0 Å². The highest BCUT2D eigenvalue weighted by Crippen LogP contribution is 2.14. The van der Waals surface area contributed by atoms with Crippen LogP contribution in [0.3, 0.4) is 0 Å². The largest absolute Gasteiger partial charge is 0.462 e. The van der Waals surface area contributed by atoms with E-state index in [2.05, 4.69) is 130 Å². The third kappa shape index (κ3) is 52.9. The number of carbonyl (C=O) groups excluding carboxylic acids is 3. The van der Waals surface area contributed by atoms with Crippen molar-refractivity contribution in [2.45, 2.75) is 245 Å². The molecule has 0 bridgehead atoms. The zero-order valence-electron chi connectivity index (χ0n) is 43.4. The van der Waals surface area contributed by atoms with Crippen LogP contribution in [0.1, 0.15) is 239 Å². The molecule has 0 saturated heterocycles. The van der Waals surface area contributed by atoms with Crippen LogP contribution in [0.4, 0.5) is 0 Å². The lowest BCUT2D eigenvalue weighted by atomic mass is 10.1. The fourth-order valence-corrected chi connectivity index (χ4v) is 7.20. The van der Waals surface area contributed by atoms with Gasteiger partial charge in [0.1, 0.15) is 13.2 Å². The number of hydrogen-bond acceptors (Lipinski definition) is 6. The predicted molar refractivity (Wildman–Crippen MR) is 288 cm³/mol. The summed E-state index contributed by atoms with van der Waals surface area (Å²) < 4.78 is 16.6. The van der Waals surface area contributed by atoms with Crippen molar-refractivity contribution in [3.8, 4) is 0 Å². The standard InChI is InChI=1S/C61H100O6/c1-4-7-10-13-16-18-19-20-21-22-23-24-25-26-27-28-29-30-31-32-33-34-35-36-37-38-39-40-41-42-43-44-46-48-51-54-60(63)66-57-58(56-65-59(62)53-50-47-15-12-9-6-3)67-61(64)55-52-49-45-17-14-11-8-5-2/h7,10,16,18,20-21,23-24,26-27,29-30,32-33,35-36,38-39,58H,4-6,8-9,11-15,17,19,22,25,28,31,34,37,40-57H2,1-3H3/b10-7-,18-16-,21-20-,24-23-,27-26-,30-29-,33-32-,36-35-,39-38-. The number of hydrogen-bond donors (Lipinski definition) is 0.